The molecule has 0 bridgehead atoms. The summed E-state index contributed by atoms with van der Waals surface area (Å²) in [5.41, 5.74) is 1.11. The number of amides is 4. The van der Waals surface area contributed by atoms with Crippen LogP contribution in [0, 0.1) is 0 Å². The standard InChI is InChI=1S/C23H27N3O3/c1-3-25(16-19-12-8-5-9-13-19)20(27)17-26-21(28)23(2,24-22(26)29)15-14-18-10-6-4-7-11-18/h4-13H,3,14-17H2,1-2H3,(H,24,29)/t23-/m0/s1. The lowest BCUT2D eigenvalue weighted by atomic mass is 9.93. The van der Waals surface area contributed by atoms with Crippen molar-refractivity contribution in [1.29, 1.82) is 0 Å². The van der Waals surface area contributed by atoms with E-state index in [9.17, 15) is 14.4 Å². The number of nitrogens with one attached hydrogen (secondary N) is 1. The minimum Gasteiger partial charge on any atom is -0.337 e. The molecule has 1 saturated heterocycles. The highest BCUT2D eigenvalue weighted by molar-refractivity contribution is 6.08. The maximum absolute atomic E-state index is 12.9. The van der Waals surface area contributed by atoms with Crippen LogP contribution in [0.25, 0.3) is 0 Å². The van der Waals surface area contributed by atoms with Gasteiger partial charge in [0.15, 0.2) is 0 Å². The Hall–Kier alpha value is -3.15. The highest BCUT2D eigenvalue weighted by Crippen LogP contribution is 2.23. The van der Waals surface area contributed by atoms with Crippen molar-refractivity contribution in [3.63, 3.8) is 0 Å². The van der Waals surface area contributed by atoms with E-state index in [1.165, 1.54) is 0 Å². The molecule has 1 atom stereocenters. The number of benzene rings is 2. The number of hydrogen-bond donors (Lipinski definition) is 1. The summed E-state index contributed by atoms with van der Waals surface area (Å²) in [6, 6.07) is 19.0. The van der Waals surface area contributed by atoms with E-state index >= 15 is 0 Å². The Labute approximate surface area is 171 Å². The van der Waals surface area contributed by atoms with Crippen molar-refractivity contribution in [2.24, 2.45) is 0 Å². The first-order valence-electron chi connectivity index (χ1n) is 9.92. The number of likely N-dealkylation sites (N-methyl/N-ethyl adjacent to an activating group) is 1. The predicted molar refractivity (Wildman–Crippen MR) is 111 cm³/mol. The fraction of sp³-hybridized carbons (Fsp3) is 0.348. The van der Waals surface area contributed by atoms with Crippen molar-refractivity contribution >= 4 is 17.8 Å². The number of nitrogens with zero attached hydrogens (tertiary/aromatic N) is 2. The fourth-order valence-corrected chi connectivity index (χ4v) is 3.51. The normalized spacial score (nSPS) is 18.6. The predicted octanol–water partition coefficient (Wildman–Crippen LogP) is 2.98. The number of imide groups is 1. The van der Waals surface area contributed by atoms with Crippen LogP contribution in [0.5, 0.6) is 0 Å². The molecular weight excluding hydrogens is 366 g/mol. The van der Waals surface area contributed by atoms with Crippen LogP contribution >= 0.6 is 0 Å². The Bertz CT molecular complexity index is 869. The monoisotopic (exact) mass is 393 g/mol. The summed E-state index contributed by atoms with van der Waals surface area (Å²) in [6.45, 7) is 4.32. The molecular formula is C23H27N3O3. The van der Waals surface area contributed by atoms with Gasteiger partial charge in [-0.05, 0) is 37.8 Å². The van der Waals surface area contributed by atoms with E-state index in [1.807, 2.05) is 67.6 Å². The average molecular weight is 393 g/mol. The van der Waals surface area contributed by atoms with Crippen LogP contribution < -0.4 is 5.32 Å². The summed E-state index contributed by atoms with van der Waals surface area (Å²) in [5, 5.41) is 2.78. The zero-order chi connectivity index (χ0) is 20.9. The zero-order valence-electron chi connectivity index (χ0n) is 16.9. The van der Waals surface area contributed by atoms with Gasteiger partial charge in [-0.3, -0.25) is 14.5 Å². The Morgan fingerprint density at radius 2 is 1.59 bits per heavy atom. The van der Waals surface area contributed by atoms with Crippen molar-refractivity contribution in [3.05, 3.63) is 71.8 Å². The number of urea groups is 1. The quantitative estimate of drug-likeness (QED) is 0.701. The second kappa shape index (κ2) is 8.90. The van der Waals surface area contributed by atoms with Gasteiger partial charge in [0.2, 0.25) is 5.91 Å². The third-order valence-corrected chi connectivity index (χ3v) is 5.35. The van der Waals surface area contributed by atoms with Gasteiger partial charge in [0.25, 0.3) is 5.91 Å². The van der Waals surface area contributed by atoms with E-state index in [0.717, 1.165) is 16.0 Å². The molecule has 4 amide bonds. The Morgan fingerprint density at radius 3 is 2.17 bits per heavy atom. The smallest absolute Gasteiger partial charge is 0.325 e. The van der Waals surface area contributed by atoms with Gasteiger partial charge in [-0.25, -0.2) is 4.79 Å². The molecule has 1 aliphatic rings. The zero-order valence-corrected chi connectivity index (χ0v) is 16.9. The maximum Gasteiger partial charge on any atom is 0.325 e. The molecule has 1 heterocycles. The summed E-state index contributed by atoms with van der Waals surface area (Å²) >= 11 is 0. The van der Waals surface area contributed by atoms with Crippen LogP contribution in [-0.4, -0.2) is 46.3 Å². The van der Waals surface area contributed by atoms with E-state index in [-0.39, 0.29) is 18.4 Å². The van der Waals surface area contributed by atoms with Crippen molar-refractivity contribution in [2.75, 3.05) is 13.1 Å². The minimum atomic E-state index is -0.996. The molecule has 0 aliphatic carbocycles. The van der Waals surface area contributed by atoms with E-state index < -0.39 is 11.6 Å². The average Bonchev–Trinajstić information content (AvgIpc) is 2.95. The van der Waals surface area contributed by atoms with Gasteiger partial charge in [0, 0.05) is 13.1 Å². The first kappa shape index (κ1) is 20.6. The van der Waals surface area contributed by atoms with Crippen molar-refractivity contribution in [2.45, 2.75) is 38.8 Å². The molecule has 0 radical (unpaired) electrons. The maximum atomic E-state index is 12.9. The van der Waals surface area contributed by atoms with Gasteiger partial charge < -0.3 is 10.2 Å². The van der Waals surface area contributed by atoms with Gasteiger partial charge in [-0.1, -0.05) is 60.7 Å². The second-order valence-corrected chi connectivity index (χ2v) is 7.53. The summed E-state index contributed by atoms with van der Waals surface area (Å²) in [6.07, 6.45) is 1.15. The first-order valence-corrected chi connectivity index (χ1v) is 9.92. The van der Waals surface area contributed by atoms with Crippen LogP contribution in [0.4, 0.5) is 4.79 Å². The van der Waals surface area contributed by atoms with Crippen LogP contribution in [0.2, 0.25) is 0 Å². The molecule has 0 unspecified atom stereocenters. The Kier molecular flexibility index (Phi) is 6.32. The van der Waals surface area contributed by atoms with Gasteiger partial charge >= 0.3 is 6.03 Å². The molecule has 2 aromatic carbocycles. The van der Waals surface area contributed by atoms with E-state index in [2.05, 4.69) is 5.32 Å². The van der Waals surface area contributed by atoms with E-state index in [0.29, 0.717) is 25.9 Å². The molecule has 0 aromatic heterocycles. The fourth-order valence-electron chi connectivity index (χ4n) is 3.51. The largest absolute Gasteiger partial charge is 0.337 e. The molecule has 6 nitrogen and oxygen atoms in total. The molecule has 29 heavy (non-hydrogen) atoms. The third-order valence-electron chi connectivity index (χ3n) is 5.35. The second-order valence-electron chi connectivity index (χ2n) is 7.53. The van der Waals surface area contributed by atoms with Crippen LogP contribution in [0.15, 0.2) is 60.7 Å². The highest BCUT2D eigenvalue weighted by atomic mass is 16.2. The highest BCUT2D eigenvalue weighted by Gasteiger charge is 2.48. The Balaban J connectivity index is 1.63. The molecule has 6 heteroatoms. The molecule has 0 saturated carbocycles. The van der Waals surface area contributed by atoms with Gasteiger partial charge in [-0.15, -0.1) is 0 Å². The number of carbonyl (C=O) groups is 3. The molecule has 152 valence electrons. The minimum absolute atomic E-state index is 0.243. The van der Waals surface area contributed by atoms with E-state index in [4.69, 9.17) is 0 Å². The molecule has 1 fully saturated rings. The number of aryl methyl sites for hydroxylation is 1. The lowest BCUT2D eigenvalue weighted by Crippen LogP contribution is -2.46. The summed E-state index contributed by atoms with van der Waals surface area (Å²) < 4.78 is 0. The summed E-state index contributed by atoms with van der Waals surface area (Å²) in [7, 11) is 0. The van der Waals surface area contributed by atoms with Gasteiger partial charge in [-0.2, -0.15) is 0 Å². The number of carbonyl (C=O) groups excluding carboxylic acids is 3. The van der Waals surface area contributed by atoms with Crippen molar-refractivity contribution < 1.29 is 14.4 Å². The molecule has 3 rings (SSSR count). The first-order chi connectivity index (χ1) is 13.9. The van der Waals surface area contributed by atoms with Gasteiger partial charge in [0.05, 0.1) is 0 Å². The lowest BCUT2D eigenvalue weighted by Gasteiger charge is -2.24. The van der Waals surface area contributed by atoms with Crippen LogP contribution in [-0.2, 0) is 22.6 Å². The Morgan fingerprint density at radius 1 is 1.00 bits per heavy atom. The van der Waals surface area contributed by atoms with Crippen molar-refractivity contribution in [3.8, 4) is 0 Å². The summed E-state index contributed by atoms with van der Waals surface area (Å²) in [4.78, 5) is 40.8. The topological polar surface area (TPSA) is 69.7 Å². The van der Waals surface area contributed by atoms with E-state index in [1.54, 1.807) is 11.8 Å². The lowest BCUT2D eigenvalue weighted by molar-refractivity contribution is -0.139. The van der Waals surface area contributed by atoms with Crippen LogP contribution in [0.3, 0.4) is 0 Å². The van der Waals surface area contributed by atoms with Gasteiger partial charge in [0.1, 0.15) is 12.1 Å². The summed E-state index contributed by atoms with van der Waals surface area (Å²) in [5.74, 6) is -0.588. The van der Waals surface area contributed by atoms with Crippen molar-refractivity contribution in [1.82, 2.24) is 15.1 Å². The van der Waals surface area contributed by atoms with Crippen LogP contribution in [0.1, 0.15) is 31.4 Å². The third kappa shape index (κ3) is 4.83. The number of hydrogen-bond acceptors (Lipinski definition) is 3. The molecule has 0 spiro atoms. The number of rotatable bonds is 8. The molecule has 1 N–H and O–H groups in total. The molecule has 1 aliphatic heterocycles. The SMILES string of the molecule is CCN(Cc1ccccc1)C(=O)CN1C(=O)N[C@@](C)(CCc2ccccc2)C1=O. The molecule has 2 aromatic rings.